The molecule has 57 heavy (non-hydrogen) atoms. The molecule has 5 N–H and O–H groups in total. The van der Waals surface area contributed by atoms with Crippen molar-refractivity contribution in [1.29, 1.82) is 0 Å². The van der Waals surface area contributed by atoms with Crippen LogP contribution in [-0.4, -0.2) is 71.1 Å². The van der Waals surface area contributed by atoms with Crippen LogP contribution in [0.1, 0.15) is 136 Å². The van der Waals surface area contributed by atoms with E-state index in [0.717, 1.165) is 64.2 Å². The predicted molar refractivity (Wildman–Crippen MR) is 227 cm³/mol. The SMILES string of the molecule is CC/C=C\C/C=C\C/C=C\C/C=C\C=C/C(O)C/C=C\CCC(=O)OC[C@H](COP(=O)(O)OC[C@H](N)C(=O)O)OC(=O)CCCCCCC/C=C\CCCCCC. The summed E-state index contributed by atoms with van der Waals surface area (Å²) in [5.74, 6) is -2.60. The molecule has 0 saturated carbocycles. The molecule has 4 atom stereocenters. The third kappa shape index (κ3) is 37.9. The molecule has 0 fully saturated rings. The lowest BCUT2D eigenvalue weighted by molar-refractivity contribution is -0.161. The quantitative estimate of drug-likeness (QED) is 0.0153. The Morgan fingerprint density at radius 2 is 1.23 bits per heavy atom. The Kier molecular flexibility index (Phi) is 35.9. The van der Waals surface area contributed by atoms with E-state index in [9.17, 15) is 28.9 Å². The van der Waals surface area contributed by atoms with Crippen LogP contribution in [0.3, 0.4) is 0 Å². The standard InChI is InChI=1S/C44H72NO11P/c1-3-5-7-9-11-13-15-17-19-21-23-25-28-32-39(46)33-29-27-31-34-42(47)53-36-40(37-54-57(51,52)55-38-41(45)44(49)50)56-43(48)35-30-26-24-22-20-18-16-14-12-10-8-6-4-2/h5,7,11,13-14,16-17,19,23,25,27-29,32,39-41,46H,3-4,6,8-10,12,15,18,20-22,24,26,30-31,33-38,45H2,1-2H3,(H,49,50)(H,51,52)/b7-5-,13-11-,16-14-,19-17-,25-23-,29-27-,32-28-/t39?,40-,41+/m1/s1. The Bertz CT molecular complexity index is 1300. The van der Waals surface area contributed by atoms with Gasteiger partial charge in [-0.15, -0.1) is 0 Å². The Hall–Kier alpha value is -3.38. The number of aliphatic hydroxyl groups excluding tert-OH is 1. The molecule has 0 saturated heterocycles. The summed E-state index contributed by atoms with van der Waals surface area (Å²) in [5.41, 5.74) is 5.31. The number of unbranched alkanes of at least 4 members (excludes halogenated alkanes) is 9. The van der Waals surface area contributed by atoms with Crippen molar-refractivity contribution in [3.63, 3.8) is 0 Å². The van der Waals surface area contributed by atoms with Gasteiger partial charge in [-0.25, -0.2) is 4.57 Å². The molecular formula is C44H72NO11P. The number of phosphoric ester groups is 1. The molecule has 0 aliphatic rings. The highest BCUT2D eigenvalue weighted by Crippen LogP contribution is 2.43. The number of hydrogen-bond donors (Lipinski definition) is 4. The largest absolute Gasteiger partial charge is 0.480 e. The van der Waals surface area contributed by atoms with Gasteiger partial charge in [0.1, 0.15) is 12.6 Å². The average Bonchev–Trinajstić information content (AvgIpc) is 3.18. The number of hydrogen-bond acceptors (Lipinski definition) is 10. The highest BCUT2D eigenvalue weighted by molar-refractivity contribution is 7.47. The van der Waals surface area contributed by atoms with Gasteiger partial charge in [0.05, 0.1) is 19.3 Å². The molecule has 2 unspecified atom stereocenters. The molecule has 0 heterocycles. The van der Waals surface area contributed by atoms with E-state index in [1.54, 1.807) is 24.3 Å². The van der Waals surface area contributed by atoms with Crippen LogP contribution < -0.4 is 5.73 Å². The minimum absolute atomic E-state index is 0.00927. The average molecular weight is 822 g/mol. The molecule has 13 heteroatoms. The Morgan fingerprint density at radius 3 is 1.88 bits per heavy atom. The second-order valence-corrected chi connectivity index (χ2v) is 15.0. The fourth-order valence-corrected chi connectivity index (χ4v) is 5.71. The number of carboxylic acid groups (broad SMARTS) is 1. The first kappa shape index (κ1) is 53.6. The van der Waals surface area contributed by atoms with Gasteiger partial charge in [0.25, 0.3) is 0 Å². The first-order chi connectivity index (χ1) is 27.5. The van der Waals surface area contributed by atoms with Crippen LogP contribution in [-0.2, 0) is 37.5 Å². The first-order valence-corrected chi connectivity index (χ1v) is 22.2. The van der Waals surface area contributed by atoms with Gasteiger partial charge in [-0.1, -0.05) is 137 Å². The van der Waals surface area contributed by atoms with E-state index in [2.05, 4.69) is 67.0 Å². The number of phosphoric acid groups is 1. The van der Waals surface area contributed by atoms with Crippen LogP contribution in [0.5, 0.6) is 0 Å². The Morgan fingerprint density at radius 1 is 0.649 bits per heavy atom. The molecule has 12 nitrogen and oxygen atoms in total. The van der Waals surface area contributed by atoms with E-state index in [4.69, 9.17) is 24.8 Å². The minimum Gasteiger partial charge on any atom is -0.480 e. The van der Waals surface area contributed by atoms with Crippen LogP contribution in [0.15, 0.2) is 85.1 Å². The summed E-state index contributed by atoms with van der Waals surface area (Å²) in [6.07, 6.45) is 42.6. The number of rotatable bonds is 37. The van der Waals surface area contributed by atoms with Crippen molar-refractivity contribution in [2.75, 3.05) is 19.8 Å². The van der Waals surface area contributed by atoms with Gasteiger partial charge >= 0.3 is 25.7 Å². The fourth-order valence-electron chi connectivity index (χ4n) is 4.93. The highest BCUT2D eigenvalue weighted by Gasteiger charge is 2.28. The smallest absolute Gasteiger partial charge is 0.472 e. The van der Waals surface area contributed by atoms with E-state index in [1.807, 2.05) is 12.2 Å². The highest BCUT2D eigenvalue weighted by atomic mass is 31.2. The van der Waals surface area contributed by atoms with Gasteiger partial charge < -0.3 is 30.3 Å². The molecule has 0 aliphatic carbocycles. The topological polar surface area (TPSA) is 192 Å². The molecule has 0 aliphatic heterocycles. The number of esters is 2. The number of aliphatic hydroxyl groups is 1. The molecule has 0 amide bonds. The van der Waals surface area contributed by atoms with Crippen LogP contribution in [0.25, 0.3) is 0 Å². The molecular weight excluding hydrogens is 749 g/mol. The normalized spacial score (nSPS) is 15.2. The number of carboxylic acids is 1. The number of carbonyl (C=O) groups is 3. The van der Waals surface area contributed by atoms with E-state index in [1.165, 1.54) is 25.7 Å². The van der Waals surface area contributed by atoms with Gasteiger partial charge in [-0.3, -0.25) is 23.4 Å². The van der Waals surface area contributed by atoms with Crippen molar-refractivity contribution >= 4 is 25.7 Å². The number of carbonyl (C=O) groups excluding carboxylic acids is 2. The maximum absolute atomic E-state index is 12.6. The molecule has 0 radical (unpaired) electrons. The minimum atomic E-state index is -4.76. The first-order valence-electron chi connectivity index (χ1n) is 20.7. The lowest BCUT2D eigenvalue weighted by Crippen LogP contribution is -2.34. The van der Waals surface area contributed by atoms with Crippen molar-refractivity contribution in [3.8, 4) is 0 Å². The number of allylic oxidation sites excluding steroid dienone is 12. The van der Waals surface area contributed by atoms with Crippen LogP contribution >= 0.6 is 7.82 Å². The van der Waals surface area contributed by atoms with Crippen molar-refractivity contribution in [2.45, 2.75) is 154 Å². The Labute approximate surface area is 342 Å². The molecule has 0 aromatic heterocycles. The summed E-state index contributed by atoms with van der Waals surface area (Å²) in [4.78, 5) is 45.9. The molecule has 0 spiro atoms. The zero-order valence-corrected chi connectivity index (χ0v) is 35.4. The zero-order chi connectivity index (χ0) is 42.2. The van der Waals surface area contributed by atoms with Crippen molar-refractivity contribution in [1.82, 2.24) is 0 Å². The summed E-state index contributed by atoms with van der Waals surface area (Å²) >= 11 is 0. The fraction of sp³-hybridized carbons (Fsp3) is 0.614. The van der Waals surface area contributed by atoms with E-state index >= 15 is 0 Å². The molecule has 0 rings (SSSR count). The number of aliphatic carboxylic acids is 1. The van der Waals surface area contributed by atoms with Gasteiger partial charge in [-0.05, 0) is 70.6 Å². The lowest BCUT2D eigenvalue weighted by atomic mass is 10.1. The molecule has 0 aromatic rings. The summed E-state index contributed by atoms with van der Waals surface area (Å²) < 4.78 is 32.5. The van der Waals surface area contributed by atoms with Crippen molar-refractivity contribution < 1.29 is 52.6 Å². The van der Waals surface area contributed by atoms with Gasteiger partial charge in [0, 0.05) is 12.8 Å². The summed E-state index contributed by atoms with van der Waals surface area (Å²) in [5, 5.41) is 19.0. The summed E-state index contributed by atoms with van der Waals surface area (Å²) in [6, 6.07) is -1.55. The lowest BCUT2D eigenvalue weighted by Gasteiger charge is -2.20. The number of nitrogens with two attached hydrogens (primary N) is 1. The van der Waals surface area contributed by atoms with Crippen molar-refractivity contribution in [3.05, 3.63) is 85.1 Å². The second-order valence-electron chi connectivity index (χ2n) is 13.6. The zero-order valence-electron chi connectivity index (χ0n) is 34.5. The summed E-state index contributed by atoms with van der Waals surface area (Å²) in [7, 11) is -4.76. The summed E-state index contributed by atoms with van der Waals surface area (Å²) in [6.45, 7) is 2.45. The van der Waals surface area contributed by atoms with Crippen molar-refractivity contribution in [2.24, 2.45) is 5.73 Å². The van der Waals surface area contributed by atoms with Gasteiger partial charge in [0.15, 0.2) is 6.10 Å². The number of ether oxygens (including phenoxy) is 2. The predicted octanol–water partition coefficient (Wildman–Crippen LogP) is 9.69. The van der Waals surface area contributed by atoms with E-state index in [-0.39, 0.29) is 12.8 Å². The van der Waals surface area contributed by atoms with Gasteiger partial charge in [0.2, 0.25) is 0 Å². The third-order valence-corrected chi connectivity index (χ3v) is 9.17. The van der Waals surface area contributed by atoms with E-state index < -0.39 is 63.8 Å². The maximum Gasteiger partial charge on any atom is 0.472 e. The maximum atomic E-state index is 12.6. The van der Waals surface area contributed by atoms with E-state index in [0.29, 0.717) is 19.3 Å². The van der Waals surface area contributed by atoms with Gasteiger partial charge in [-0.2, -0.15) is 0 Å². The third-order valence-electron chi connectivity index (χ3n) is 8.22. The Balaban J connectivity index is 4.63. The van der Waals surface area contributed by atoms with Crippen LogP contribution in [0.2, 0.25) is 0 Å². The van der Waals surface area contributed by atoms with Crippen LogP contribution in [0, 0.1) is 0 Å². The molecule has 0 bridgehead atoms. The molecule has 0 aromatic carbocycles. The second kappa shape index (κ2) is 38.2. The monoisotopic (exact) mass is 821 g/mol. The molecule has 324 valence electrons. The van der Waals surface area contributed by atoms with Crippen LogP contribution in [0.4, 0.5) is 0 Å².